The van der Waals surface area contributed by atoms with Gasteiger partial charge in [0.15, 0.2) is 0 Å². The first-order valence-electron chi connectivity index (χ1n) is 5.59. The Balaban J connectivity index is 2.13. The van der Waals surface area contributed by atoms with Crippen molar-refractivity contribution in [2.24, 2.45) is 0 Å². The van der Waals surface area contributed by atoms with E-state index in [0.717, 1.165) is 11.3 Å². The number of methoxy groups -OCH3 is 1. The maximum absolute atomic E-state index is 9.14. The first-order chi connectivity index (χ1) is 8.69. The number of aliphatic hydroxyl groups is 1. The molecule has 1 aromatic carbocycles. The van der Waals surface area contributed by atoms with Gasteiger partial charge in [0.1, 0.15) is 5.75 Å². The number of aliphatic hydroxyl groups excluding tert-OH is 1. The summed E-state index contributed by atoms with van der Waals surface area (Å²) < 4.78 is 10.1. The van der Waals surface area contributed by atoms with E-state index in [1.54, 1.807) is 14.0 Å². The van der Waals surface area contributed by atoms with Crippen LogP contribution >= 0.6 is 0 Å². The molecule has 0 aliphatic rings. The van der Waals surface area contributed by atoms with Gasteiger partial charge in [0.2, 0.25) is 5.82 Å². The number of benzene rings is 1. The lowest BCUT2D eigenvalue weighted by Gasteiger charge is -2.02. The van der Waals surface area contributed by atoms with Crippen LogP contribution in [0.5, 0.6) is 5.75 Å². The van der Waals surface area contributed by atoms with E-state index >= 15 is 0 Å². The number of nitrogens with one attached hydrogen (secondary N) is 1. The van der Waals surface area contributed by atoms with Crippen LogP contribution in [-0.4, -0.2) is 35.0 Å². The lowest BCUT2D eigenvalue weighted by Crippen LogP contribution is -2.15. The zero-order chi connectivity index (χ0) is 13.0. The standard InChI is InChI=1S/C12H15N3O3/c1-8(16)7-13-12-14-11(15-18-12)9-4-3-5-10(6-9)17-2/h3-6,8,16H,7H2,1-2H3,(H,13,14,15)/t8-/m1/s1. The molecular formula is C12H15N3O3. The summed E-state index contributed by atoms with van der Waals surface area (Å²) in [6.45, 7) is 2.03. The molecule has 0 aliphatic heterocycles. The largest absolute Gasteiger partial charge is 0.497 e. The number of hydrogen-bond donors (Lipinski definition) is 2. The molecule has 1 atom stereocenters. The summed E-state index contributed by atoms with van der Waals surface area (Å²) in [4.78, 5) is 4.17. The van der Waals surface area contributed by atoms with E-state index in [1.807, 2.05) is 24.3 Å². The molecule has 0 spiro atoms. The van der Waals surface area contributed by atoms with Crippen molar-refractivity contribution < 1.29 is 14.4 Å². The van der Waals surface area contributed by atoms with Gasteiger partial charge in [-0.2, -0.15) is 4.98 Å². The highest BCUT2D eigenvalue weighted by molar-refractivity contribution is 5.57. The van der Waals surface area contributed by atoms with Crippen LogP contribution in [0.1, 0.15) is 6.92 Å². The summed E-state index contributed by atoms with van der Waals surface area (Å²) in [6, 6.07) is 7.67. The molecule has 0 fully saturated rings. The second-order valence-electron chi connectivity index (χ2n) is 3.89. The predicted molar refractivity (Wildman–Crippen MR) is 66.5 cm³/mol. The molecule has 18 heavy (non-hydrogen) atoms. The average molecular weight is 249 g/mol. The summed E-state index contributed by atoms with van der Waals surface area (Å²) in [5, 5.41) is 15.8. The molecule has 0 aliphatic carbocycles. The number of nitrogens with zero attached hydrogens (tertiary/aromatic N) is 2. The Morgan fingerprint density at radius 3 is 3.06 bits per heavy atom. The molecule has 2 aromatic rings. The third kappa shape index (κ3) is 2.98. The minimum absolute atomic E-state index is 0.286. The zero-order valence-corrected chi connectivity index (χ0v) is 10.3. The van der Waals surface area contributed by atoms with Gasteiger partial charge in [0.25, 0.3) is 0 Å². The summed E-state index contributed by atoms with van der Waals surface area (Å²) in [5.74, 6) is 1.21. The molecule has 6 heteroatoms. The third-order valence-corrected chi connectivity index (χ3v) is 2.30. The maximum Gasteiger partial charge on any atom is 0.321 e. The molecule has 0 bridgehead atoms. The fourth-order valence-corrected chi connectivity index (χ4v) is 1.41. The highest BCUT2D eigenvalue weighted by Crippen LogP contribution is 2.22. The second-order valence-corrected chi connectivity index (χ2v) is 3.89. The Morgan fingerprint density at radius 1 is 1.50 bits per heavy atom. The summed E-state index contributed by atoms with van der Waals surface area (Å²) in [5.41, 5.74) is 0.809. The highest BCUT2D eigenvalue weighted by Gasteiger charge is 2.09. The van der Waals surface area contributed by atoms with Gasteiger partial charge < -0.3 is 19.7 Å². The van der Waals surface area contributed by atoms with E-state index in [0.29, 0.717) is 12.4 Å². The van der Waals surface area contributed by atoms with Gasteiger partial charge in [-0.15, -0.1) is 0 Å². The highest BCUT2D eigenvalue weighted by atomic mass is 16.5. The first-order valence-corrected chi connectivity index (χ1v) is 5.59. The number of anilines is 1. The van der Waals surface area contributed by atoms with E-state index < -0.39 is 6.10 Å². The van der Waals surface area contributed by atoms with Crippen molar-refractivity contribution in [3.05, 3.63) is 24.3 Å². The molecule has 0 unspecified atom stereocenters. The van der Waals surface area contributed by atoms with Crippen molar-refractivity contribution in [3.63, 3.8) is 0 Å². The Kier molecular flexibility index (Phi) is 3.78. The van der Waals surface area contributed by atoms with E-state index in [2.05, 4.69) is 15.5 Å². The first kappa shape index (κ1) is 12.4. The van der Waals surface area contributed by atoms with Gasteiger partial charge in [-0.1, -0.05) is 17.3 Å². The van der Waals surface area contributed by atoms with Crippen LogP contribution in [0.25, 0.3) is 11.4 Å². The molecule has 0 radical (unpaired) electrons. The van der Waals surface area contributed by atoms with Gasteiger partial charge in [-0.25, -0.2) is 0 Å². The number of hydrogen-bond acceptors (Lipinski definition) is 6. The van der Waals surface area contributed by atoms with Crippen LogP contribution in [0.4, 0.5) is 6.01 Å². The Bertz CT molecular complexity index is 511. The second kappa shape index (κ2) is 5.50. The van der Waals surface area contributed by atoms with Gasteiger partial charge in [0.05, 0.1) is 13.2 Å². The molecule has 2 N–H and O–H groups in total. The monoisotopic (exact) mass is 249 g/mol. The van der Waals surface area contributed by atoms with E-state index in [4.69, 9.17) is 14.4 Å². The van der Waals surface area contributed by atoms with Crippen LogP contribution in [0.3, 0.4) is 0 Å². The minimum Gasteiger partial charge on any atom is -0.497 e. The van der Waals surface area contributed by atoms with Crippen molar-refractivity contribution in [3.8, 4) is 17.1 Å². The molecule has 6 nitrogen and oxygen atoms in total. The number of ether oxygens (including phenoxy) is 1. The SMILES string of the molecule is COc1cccc(-c2noc(NC[C@@H](C)O)n2)c1. The molecule has 0 saturated carbocycles. The lowest BCUT2D eigenvalue weighted by molar-refractivity contribution is 0.207. The van der Waals surface area contributed by atoms with Crippen LogP contribution < -0.4 is 10.1 Å². The van der Waals surface area contributed by atoms with Gasteiger partial charge >= 0.3 is 6.01 Å². The van der Waals surface area contributed by atoms with Gasteiger partial charge in [-0.05, 0) is 19.1 Å². The Labute approximate surface area is 105 Å². The topological polar surface area (TPSA) is 80.4 Å². The smallest absolute Gasteiger partial charge is 0.321 e. The minimum atomic E-state index is -0.475. The quantitative estimate of drug-likeness (QED) is 0.836. The van der Waals surface area contributed by atoms with Crippen molar-refractivity contribution in [1.29, 1.82) is 0 Å². The van der Waals surface area contributed by atoms with Crippen LogP contribution in [0.2, 0.25) is 0 Å². The van der Waals surface area contributed by atoms with Crippen molar-refractivity contribution in [2.45, 2.75) is 13.0 Å². The van der Waals surface area contributed by atoms with Crippen molar-refractivity contribution >= 4 is 6.01 Å². The van der Waals surface area contributed by atoms with E-state index in [-0.39, 0.29) is 6.01 Å². The summed E-state index contributed by atoms with van der Waals surface area (Å²) in [6.07, 6.45) is -0.475. The number of aromatic nitrogens is 2. The van der Waals surface area contributed by atoms with Crippen molar-refractivity contribution in [2.75, 3.05) is 19.0 Å². The molecular weight excluding hydrogens is 234 g/mol. The summed E-state index contributed by atoms with van der Waals surface area (Å²) >= 11 is 0. The lowest BCUT2D eigenvalue weighted by atomic mass is 10.2. The van der Waals surface area contributed by atoms with Crippen LogP contribution in [-0.2, 0) is 0 Å². The molecule has 1 aromatic heterocycles. The predicted octanol–water partition coefficient (Wildman–Crippen LogP) is 1.54. The Morgan fingerprint density at radius 2 is 2.33 bits per heavy atom. The maximum atomic E-state index is 9.14. The third-order valence-electron chi connectivity index (χ3n) is 2.30. The van der Waals surface area contributed by atoms with Gasteiger partial charge in [-0.3, -0.25) is 0 Å². The number of rotatable bonds is 5. The zero-order valence-electron chi connectivity index (χ0n) is 10.3. The molecule has 0 saturated heterocycles. The van der Waals surface area contributed by atoms with Crippen LogP contribution in [0.15, 0.2) is 28.8 Å². The summed E-state index contributed by atoms with van der Waals surface area (Å²) in [7, 11) is 1.60. The fourth-order valence-electron chi connectivity index (χ4n) is 1.41. The normalized spacial score (nSPS) is 12.2. The van der Waals surface area contributed by atoms with E-state index in [1.165, 1.54) is 0 Å². The van der Waals surface area contributed by atoms with E-state index in [9.17, 15) is 0 Å². The fraction of sp³-hybridized carbons (Fsp3) is 0.333. The molecule has 2 rings (SSSR count). The van der Waals surface area contributed by atoms with Crippen molar-refractivity contribution in [1.82, 2.24) is 10.1 Å². The Hall–Kier alpha value is -2.08. The molecule has 96 valence electrons. The van der Waals surface area contributed by atoms with Crippen LogP contribution in [0, 0.1) is 0 Å². The molecule has 0 amide bonds. The van der Waals surface area contributed by atoms with Gasteiger partial charge in [0, 0.05) is 12.1 Å². The average Bonchev–Trinajstić information content (AvgIpc) is 2.85. The molecule has 1 heterocycles.